The van der Waals surface area contributed by atoms with Crippen LogP contribution in [0.3, 0.4) is 0 Å². The van der Waals surface area contributed by atoms with Crippen molar-refractivity contribution in [2.24, 2.45) is 5.73 Å². The van der Waals surface area contributed by atoms with Gasteiger partial charge in [-0.2, -0.15) is 5.10 Å². The first-order chi connectivity index (χ1) is 6.74. The van der Waals surface area contributed by atoms with E-state index in [2.05, 4.69) is 5.10 Å². The molecule has 0 spiro atoms. The summed E-state index contributed by atoms with van der Waals surface area (Å²) in [5, 5.41) is 13.4. The van der Waals surface area contributed by atoms with Crippen LogP contribution in [0.4, 0.5) is 0 Å². The zero-order valence-electron chi connectivity index (χ0n) is 7.34. The number of para-hydroxylation sites is 1. The van der Waals surface area contributed by atoms with Gasteiger partial charge in [-0.1, -0.05) is 18.2 Å². The lowest BCUT2D eigenvalue weighted by molar-refractivity contribution is 0.0691. The molecule has 1 heterocycles. The van der Waals surface area contributed by atoms with Gasteiger partial charge in [-0.3, -0.25) is 4.68 Å². The van der Waals surface area contributed by atoms with E-state index in [9.17, 15) is 4.79 Å². The first kappa shape index (κ1) is 8.71. The van der Waals surface area contributed by atoms with Gasteiger partial charge in [0.2, 0.25) is 0 Å². The summed E-state index contributed by atoms with van der Waals surface area (Å²) in [5.41, 5.74) is 6.23. The number of carboxylic acid groups (broad SMARTS) is 1. The van der Waals surface area contributed by atoms with Crippen molar-refractivity contribution in [2.75, 3.05) is 0 Å². The fraction of sp³-hybridized carbons (Fsp3) is 0.111. The number of hydrogen-bond donors (Lipinski definition) is 2. The standard InChI is InChI=1S/C9H9N3O2/c10-5-12-7-4-2-1-3-6(7)8(11-12)9(13)14/h1-4H,5,10H2,(H,13,14). The van der Waals surface area contributed by atoms with Gasteiger partial charge < -0.3 is 10.8 Å². The Morgan fingerprint density at radius 1 is 1.50 bits per heavy atom. The summed E-state index contributed by atoms with van der Waals surface area (Å²) >= 11 is 0. The Morgan fingerprint density at radius 2 is 2.21 bits per heavy atom. The van der Waals surface area contributed by atoms with Crippen molar-refractivity contribution in [1.29, 1.82) is 0 Å². The highest BCUT2D eigenvalue weighted by molar-refractivity contribution is 6.01. The molecule has 3 N–H and O–H groups in total. The maximum Gasteiger partial charge on any atom is 0.357 e. The summed E-state index contributed by atoms with van der Waals surface area (Å²) in [4.78, 5) is 10.8. The van der Waals surface area contributed by atoms with Crippen LogP contribution in [0.1, 0.15) is 10.5 Å². The molecule has 0 amide bonds. The van der Waals surface area contributed by atoms with E-state index in [-0.39, 0.29) is 12.4 Å². The summed E-state index contributed by atoms with van der Waals surface area (Å²) in [6, 6.07) is 7.11. The van der Waals surface area contributed by atoms with E-state index in [1.165, 1.54) is 4.68 Å². The highest BCUT2D eigenvalue weighted by Crippen LogP contribution is 2.17. The third-order valence-electron chi connectivity index (χ3n) is 2.03. The number of carbonyl (C=O) groups is 1. The Balaban J connectivity index is 2.80. The van der Waals surface area contributed by atoms with E-state index in [0.29, 0.717) is 5.39 Å². The monoisotopic (exact) mass is 191 g/mol. The summed E-state index contributed by atoms with van der Waals surface area (Å²) in [5.74, 6) is -1.03. The Hall–Kier alpha value is -1.88. The van der Waals surface area contributed by atoms with Crippen molar-refractivity contribution in [3.63, 3.8) is 0 Å². The molecule has 0 unspecified atom stereocenters. The van der Waals surface area contributed by atoms with Crippen molar-refractivity contribution < 1.29 is 9.90 Å². The lowest BCUT2D eigenvalue weighted by Gasteiger charge is -1.95. The Bertz CT molecular complexity index is 490. The topological polar surface area (TPSA) is 81.1 Å². The number of nitrogens with two attached hydrogens (primary N) is 1. The van der Waals surface area contributed by atoms with E-state index in [1.54, 1.807) is 18.2 Å². The second-order valence-corrected chi connectivity index (χ2v) is 2.85. The summed E-state index contributed by atoms with van der Waals surface area (Å²) in [6.07, 6.45) is 0. The molecule has 2 rings (SSSR count). The van der Waals surface area contributed by atoms with Crippen molar-refractivity contribution in [1.82, 2.24) is 9.78 Å². The molecule has 2 aromatic rings. The summed E-state index contributed by atoms with van der Waals surface area (Å²) < 4.78 is 1.47. The molecule has 0 saturated carbocycles. The van der Waals surface area contributed by atoms with Crippen LogP contribution in [-0.4, -0.2) is 20.9 Å². The molecule has 0 aliphatic rings. The van der Waals surface area contributed by atoms with E-state index in [0.717, 1.165) is 5.52 Å². The molecular weight excluding hydrogens is 182 g/mol. The molecule has 0 atom stereocenters. The maximum atomic E-state index is 10.8. The molecule has 5 heteroatoms. The van der Waals surface area contributed by atoms with E-state index in [4.69, 9.17) is 10.8 Å². The number of nitrogens with zero attached hydrogens (tertiary/aromatic N) is 2. The van der Waals surface area contributed by atoms with Gasteiger partial charge in [0.05, 0.1) is 12.2 Å². The second-order valence-electron chi connectivity index (χ2n) is 2.85. The zero-order chi connectivity index (χ0) is 10.1. The largest absolute Gasteiger partial charge is 0.476 e. The molecule has 0 saturated heterocycles. The molecule has 0 radical (unpaired) electrons. The Morgan fingerprint density at radius 3 is 2.86 bits per heavy atom. The fourth-order valence-corrected chi connectivity index (χ4v) is 1.42. The Labute approximate surface area is 79.7 Å². The van der Waals surface area contributed by atoms with Crippen molar-refractivity contribution in [3.8, 4) is 0 Å². The number of carboxylic acids is 1. The minimum atomic E-state index is -1.03. The molecule has 5 nitrogen and oxygen atoms in total. The summed E-state index contributed by atoms with van der Waals surface area (Å²) in [7, 11) is 0. The molecule has 0 aliphatic heterocycles. The first-order valence-corrected chi connectivity index (χ1v) is 4.13. The average Bonchev–Trinajstić information content (AvgIpc) is 2.56. The van der Waals surface area contributed by atoms with E-state index in [1.807, 2.05) is 6.07 Å². The van der Waals surface area contributed by atoms with Gasteiger partial charge in [0.1, 0.15) is 0 Å². The van der Waals surface area contributed by atoms with Crippen molar-refractivity contribution in [3.05, 3.63) is 30.0 Å². The van der Waals surface area contributed by atoms with Crippen LogP contribution in [-0.2, 0) is 6.67 Å². The van der Waals surface area contributed by atoms with Crippen molar-refractivity contribution >= 4 is 16.9 Å². The molecule has 0 aliphatic carbocycles. The third-order valence-corrected chi connectivity index (χ3v) is 2.03. The molecule has 0 bridgehead atoms. The minimum absolute atomic E-state index is 0.0473. The number of aromatic nitrogens is 2. The molecule has 14 heavy (non-hydrogen) atoms. The van der Waals surface area contributed by atoms with E-state index >= 15 is 0 Å². The lowest BCUT2D eigenvalue weighted by atomic mass is 10.2. The number of fused-ring (bicyclic) bond motifs is 1. The fourth-order valence-electron chi connectivity index (χ4n) is 1.42. The molecule has 72 valence electrons. The smallest absolute Gasteiger partial charge is 0.357 e. The Kier molecular flexibility index (Phi) is 1.94. The quantitative estimate of drug-likeness (QED) is 0.730. The van der Waals surface area contributed by atoms with E-state index < -0.39 is 5.97 Å². The number of hydrogen-bond acceptors (Lipinski definition) is 3. The molecule has 1 aromatic carbocycles. The normalized spacial score (nSPS) is 10.6. The van der Waals surface area contributed by atoms with Gasteiger partial charge in [0.25, 0.3) is 0 Å². The minimum Gasteiger partial charge on any atom is -0.476 e. The molecular formula is C9H9N3O2. The van der Waals surface area contributed by atoms with Gasteiger partial charge >= 0.3 is 5.97 Å². The SMILES string of the molecule is NCn1nc(C(=O)O)c2ccccc21. The molecule has 0 fully saturated rings. The van der Waals surface area contributed by atoms with Crippen LogP contribution in [0.15, 0.2) is 24.3 Å². The van der Waals surface area contributed by atoms with Crippen LogP contribution in [0.2, 0.25) is 0 Å². The predicted molar refractivity (Wildman–Crippen MR) is 50.9 cm³/mol. The van der Waals surface area contributed by atoms with Crippen LogP contribution < -0.4 is 5.73 Å². The van der Waals surface area contributed by atoms with Gasteiger partial charge in [0.15, 0.2) is 5.69 Å². The van der Waals surface area contributed by atoms with Crippen LogP contribution in [0, 0.1) is 0 Å². The first-order valence-electron chi connectivity index (χ1n) is 4.13. The third kappa shape index (κ3) is 1.14. The predicted octanol–water partition coefficient (Wildman–Crippen LogP) is 0.651. The number of rotatable bonds is 2. The van der Waals surface area contributed by atoms with Crippen LogP contribution in [0.25, 0.3) is 10.9 Å². The maximum absolute atomic E-state index is 10.8. The van der Waals surface area contributed by atoms with Crippen LogP contribution >= 0.6 is 0 Å². The van der Waals surface area contributed by atoms with Gasteiger partial charge in [-0.25, -0.2) is 4.79 Å². The number of aromatic carboxylic acids is 1. The highest BCUT2D eigenvalue weighted by Gasteiger charge is 2.14. The number of benzene rings is 1. The van der Waals surface area contributed by atoms with Gasteiger partial charge in [-0.15, -0.1) is 0 Å². The zero-order valence-corrected chi connectivity index (χ0v) is 7.34. The van der Waals surface area contributed by atoms with Crippen LogP contribution in [0.5, 0.6) is 0 Å². The van der Waals surface area contributed by atoms with Gasteiger partial charge in [-0.05, 0) is 6.07 Å². The lowest BCUT2D eigenvalue weighted by Crippen LogP contribution is -2.09. The second kappa shape index (κ2) is 3.12. The molecule has 1 aromatic heterocycles. The average molecular weight is 191 g/mol. The van der Waals surface area contributed by atoms with Gasteiger partial charge in [0, 0.05) is 5.39 Å². The highest BCUT2D eigenvalue weighted by atomic mass is 16.4. The summed E-state index contributed by atoms with van der Waals surface area (Å²) in [6.45, 7) is 0.174. The van der Waals surface area contributed by atoms with Crippen molar-refractivity contribution in [2.45, 2.75) is 6.67 Å².